The molecule has 0 fully saturated rings. The van der Waals surface area contributed by atoms with Crippen LogP contribution < -0.4 is 10.9 Å². The van der Waals surface area contributed by atoms with E-state index >= 15 is 0 Å². The summed E-state index contributed by atoms with van der Waals surface area (Å²) in [7, 11) is 0. The second-order valence-electron chi connectivity index (χ2n) is 5.69. The third-order valence-corrected chi connectivity index (χ3v) is 4.93. The summed E-state index contributed by atoms with van der Waals surface area (Å²) in [6.45, 7) is 7.36. The number of nitrogens with zero attached hydrogens (tertiary/aromatic N) is 1. The average Bonchev–Trinajstić information content (AvgIpc) is 2.66. The highest BCUT2D eigenvalue weighted by atomic mass is 32.2. The monoisotopic (exact) mass is 311 g/mol. The highest BCUT2D eigenvalue weighted by molar-refractivity contribution is 8.00. The van der Waals surface area contributed by atoms with Crippen molar-refractivity contribution in [2.24, 2.45) is 4.99 Å². The van der Waals surface area contributed by atoms with Gasteiger partial charge in [0.2, 0.25) is 0 Å². The van der Waals surface area contributed by atoms with Crippen molar-refractivity contribution in [3.63, 3.8) is 0 Å². The minimum atomic E-state index is 0.483. The van der Waals surface area contributed by atoms with Gasteiger partial charge in [0.25, 0.3) is 0 Å². The molecule has 2 aromatic rings. The predicted octanol–water partition coefficient (Wildman–Crippen LogP) is 4.16. The number of hydrazine groups is 1. The predicted molar refractivity (Wildman–Crippen MR) is 95.8 cm³/mol. The van der Waals surface area contributed by atoms with E-state index in [9.17, 15) is 0 Å². The smallest absolute Gasteiger partial charge is 0.148 e. The number of aliphatic imine (C=N–C) groups is 1. The number of thioether (sulfide) groups is 1. The second kappa shape index (κ2) is 6.44. The minimum Gasteiger partial charge on any atom is -0.300 e. The molecule has 0 aliphatic carbocycles. The van der Waals surface area contributed by atoms with Crippen molar-refractivity contribution in [3.8, 4) is 0 Å². The average molecular weight is 311 g/mol. The van der Waals surface area contributed by atoms with Crippen LogP contribution in [-0.2, 0) is 0 Å². The van der Waals surface area contributed by atoms with Gasteiger partial charge in [-0.2, -0.15) is 0 Å². The van der Waals surface area contributed by atoms with Crippen molar-refractivity contribution in [1.82, 2.24) is 5.43 Å². The summed E-state index contributed by atoms with van der Waals surface area (Å²) in [5, 5.41) is 0.483. The first kappa shape index (κ1) is 15.0. The molecule has 1 unspecified atom stereocenters. The van der Waals surface area contributed by atoms with Crippen molar-refractivity contribution in [1.29, 1.82) is 0 Å². The number of hydrogen-bond acceptors (Lipinski definition) is 4. The number of aryl methyl sites for hydroxylation is 2. The Morgan fingerprint density at radius 1 is 1.09 bits per heavy atom. The first-order valence-electron chi connectivity index (χ1n) is 7.53. The van der Waals surface area contributed by atoms with Crippen LogP contribution in [0.1, 0.15) is 23.6 Å². The summed E-state index contributed by atoms with van der Waals surface area (Å²) in [6, 6.07) is 14.6. The Labute approximate surface area is 136 Å². The number of para-hydroxylation sites is 1. The van der Waals surface area contributed by atoms with Gasteiger partial charge in [-0.05, 0) is 37.6 Å². The Morgan fingerprint density at radius 2 is 1.86 bits per heavy atom. The van der Waals surface area contributed by atoms with Crippen LogP contribution in [0.2, 0.25) is 0 Å². The van der Waals surface area contributed by atoms with E-state index in [1.54, 1.807) is 0 Å². The molecule has 4 heteroatoms. The maximum atomic E-state index is 4.77. The third-order valence-electron chi connectivity index (χ3n) is 3.60. The molecular weight excluding hydrogens is 290 g/mol. The Hall–Kier alpha value is -1.94. The van der Waals surface area contributed by atoms with Gasteiger partial charge in [0.1, 0.15) is 5.84 Å². The van der Waals surface area contributed by atoms with Crippen molar-refractivity contribution >= 4 is 23.3 Å². The lowest BCUT2D eigenvalue weighted by atomic mass is 10.1. The first-order chi connectivity index (χ1) is 10.6. The number of nitrogens with one attached hydrogen (secondary N) is 2. The molecule has 2 aromatic carbocycles. The maximum absolute atomic E-state index is 4.77. The molecule has 0 spiro atoms. The normalized spacial score (nSPS) is 17.2. The SMILES string of the molecule is Cc1cc(C)c2c(c1)C(NNc1ccccc1)=NCC(C)S2. The van der Waals surface area contributed by atoms with Gasteiger partial charge >= 0.3 is 0 Å². The maximum Gasteiger partial charge on any atom is 0.148 e. The summed E-state index contributed by atoms with van der Waals surface area (Å²) in [5.41, 5.74) is 11.3. The Bertz CT molecular complexity index is 695. The quantitative estimate of drug-likeness (QED) is 0.818. The molecule has 1 aliphatic rings. The number of fused-ring (bicyclic) bond motifs is 1. The fourth-order valence-electron chi connectivity index (χ4n) is 2.59. The van der Waals surface area contributed by atoms with Gasteiger partial charge in [-0.15, -0.1) is 11.8 Å². The summed E-state index contributed by atoms with van der Waals surface area (Å²) >= 11 is 1.91. The molecule has 1 atom stereocenters. The molecule has 0 radical (unpaired) electrons. The number of amidine groups is 1. The Kier molecular flexibility index (Phi) is 4.39. The summed E-state index contributed by atoms with van der Waals surface area (Å²) in [6.07, 6.45) is 0. The van der Waals surface area contributed by atoms with Gasteiger partial charge in [0, 0.05) is 15.7 Å². The van der Waals surface area contributed by atoms with Gasteiger partial charge in [-0.25, -0.2) is 0 Å². The van der Waals surface area contributed by atoms with Gasteiger partial charge in [-0.1, -0.05) is 36.8 Å². The molecule has 3 rings (SSSR count). The molecule has 114 valence electrons. The van der Waals surface area contributed by atoms with E-state index < -0.39 is 0 Å². The lowest BCUT2D eigenvalue weighted by Gasteiger charge is -2.16. The van der Waals surface area contributed by atoms with Gasteiger partial charge in [-0.3, -0.25) is 15.8 Å². The van der Waals surface area contributed by atoms with Crippen LogP contribution in [0.4, 0.5) is 5.69 Å². The fourth-order valence-corrected chi connectivity index (χ4v) is 3.67. The van der Waals surface area contributed by atoms with Crippen LogP contribution >= 0.6 is 11.8 Å². The molecule has 2 N–H and O–H groups in total. The standard InChI is InChI=1S/C18H21N3S/c1-12-9-13(2)17-16(10-12)18(19-11-14(3)22-17)21-20-15-7-5-4-6-8-15/h4-10,14,20H,11H2,1-3H3,(H,19,21). The van der Waals surface area contributed by atoms with Crippen LogP contribution in [0.5, 0.6) is 0 Å². The van der Waals surface area contributed by atoms with E-state index in [1.165, 1.54) is 21.6 Å². The number of rotatable bonds is 2. The molecule has 0 aromatic heterocycles. The molecule has 22 heavy (non-hydrogen) atoms. The minimum absolute atomic E-state index is 0.483. The third kappa shape index (κ3) is 3.28. The zero-order valence-electron chi connectivity index (χ0n) is 13.2. The van der Waals surface area contributed by atoms with E-state index in [0.717, 1.165) is 18.1 Å². The topological polar surface area (TPSA) is 36.4 Å². The lowest BCUT2D eigenvalue weighted by Crippen LogP contribution is -2.31. The highest BCUT2D eigenvalue weighted by Gasteiger charge is 2.19. The van der Waals surface area contributed by atoms with Crippen LogP contribution in [0, 0.1) is 13.8 Å². The highest BCUT2D eigenvalue weighted by Crippen LogP contribution is 2.33. The largest absolute Gasteiger partial charge is 0.300 e. The Morgan fingerprint density at radius 3 is 2.64 bits per heavy atom. The lowest BCUT2D eigenvalue weighted by molar-refractivity contribution is 0.943. The van der Waals surface area contributed by atoms with Crippen LogP contribution in [0.3, 0.4) is 0 Å². The van der Waals surface area contributed by atoms with Crippen LogP contribution in [0.25, 0.3) is 0 Å². The molecule has 0 saturated heterocycles. The van der Waals surface area contributed by atoms with Crippen molar-refractivity contribution < 1.29 is 0 Å². The zero-order valence-corrected chi connectivity index (χ0v) is 14.0. The second-order valence-corrected chi connectivity index (χ2v) is 7.14. The number of benzene rings is 2. The van der Waals surface area contributed by atoms with Crippen LogP contribution in [0.15, 0.2) is 52.4 Å². The van der Waals surface area contributed by atoms with Gasteiger partial charge in [0.05, 0.1) is 12.2 Å². The summed E-state index contributed by atoms with van der Waals surface area (Å²) in [4.78, 5) is 6.10. The molecule has 0 amide bonds. The number of hydrogen-bond donors (Lipinski definition) is 2. The van der Waals surface area contributed by atoms with E-state index in [-0.39, 0.29) is 0 Å². The van der Waals surface area contributed by atoms with Crippen molar-refractivity contribution in [2.75, 3.05) is 12.0 Å². The summed E-state index contributed by atoms with van der Waals surface area (Å²) < 4.78 is 0. The fraction of sp³-hybridized carbons (Fsp3) is 0.278. The molecule has 3 nitrogen and oxygen atoms in total. The van der Waals surface area contributed by atoms with Crippen molar-refractivity contribution in [2.45, 2.75) is 30.9 Å². The molecular formula is C18H21N3S. The number of anilines is 1. The summed E-state index contributed by atoms with van der Waals surface area (Å²) in [5.74, 6) is 0.919. The van der Waals surface area contributed by atoms with E-state index in [2.05, 4.69) is 43.8 Å². The zero-order chi connectivity index (χ0) is 15.5. The van der Waals surface area contributed by atoms with Crippen LogP contribution in [-0.4, -0.2) is 17.6 Å². The van der Waals surface area contributed by atoms with E-state index in [0.29, 0.717) is 5.25 Å². The van der Waals surface area contributed by atoms with E-state index in [4.69, 9.17) is 4.99 Å². The molecule has 1 aliphatic heterocycles. The Balaban J connectivity index is 1.91. The van der Waals surface area contributed by atoms with Crippen molar-refractivity contribution in [3.05, 3.63) is 59.2 Å². The molecule has 0 saturated carbocycles. The molecule has 1 heterocycles. The van der Waals surface area contributed by atoms with Gasteiger partial charge < -0.3 is 0 Å². The first-order valence-corrected chi connectivity index (χ1v) is 8.41. The van der Waals surface area contributed by atoms with Gasteiger partial charge in [0.15, 0.2) is 0 Å². The van der Waals surface area contributed by atoms with E-state index in [1.807, 2.05) is 42.1 Å². The molecule has 0 bridgehead atoms.